The molecular weight excluding hydrogens is 467 g/mol. The SMILES string of the molecule is CC(=O)OCC(=O)[C@@]1(OC(=O)C(C)C)[C@H](C)C[C@H]2[C@@H]3CCC4=CC(=O)C=C[C@]4(C)[C@@]3(F)[C@@H](O)C[C@@]21C. The average Bonchev–Trinajstić information content (AvgIpc) is 3.00. The van der Waals surface area contributed by atoms with E-state index in [2.05, 4.69) is 0 Å². The standard InChI is InChI=1S/C28H37FO7/c1-15(2)24(34)36-28(23(33)14-35-17(4)30)16(3)11-21-20-8-7-18-12-19(31)9-10-25(18,5)27(20,29)22(32)13-26(21,28)6/h9-10,12,15-16,20-22,32H,7-8,11,13-14H2,1-6H3/t16-,20+,21+,22+,25+,26+,27+,28+/m1/s1. The van der Waals surface area contributed by atoms with E-state index in [1.54, 1.807) is 33.8 Å². The lowest BCUT2D eigenvalue weighted by atomic mass is 9.44. The second kappa shape index (κ2) is 8.61. The predicted molar refractivity (Wildman–Crippen MR) is 128 cm³/mol. The molecular formula is C28H37FO7. The number of aliphatic hydroxyl groups is 1. The Balaban J connectivity index is 1.83. The van der Waals surface area contributed by atoms with Crippen LogP contribution in [0, 0.1) is 34.5 Å². The number of fused-ring (bicyclic) bond motifs is 5. The Bertz CT molecular complexity index is 1060. The molecule has 3 saturated carbocycles. The number of allylic oxidation sites excluding steroid dienone is 4. The molecule has 0 saturated heterocycles. The van der Waals surface area contributed by atoms with Gasteiger partial charge in [-0.25, -0.2) is 4.39 Å². The number of Topliss-reactive ketones (excluding diaryl/α,β-unsaturated/α-hetero) is 1. The maximum Gasteiger partial charge on any atom is 0.309 e. The van der Waals surface area contributed by atoms with Crippen molar-refractivity contribution in [3.05, 3.63) is 23.8 Å². The van der Waals surface area contributed by atoms with Crippen molar-refractivity contribution in [2.75, 3.05) is 6.61 Å². The zero-order valence-corrected chi connectivity index (χ0v) is 21.9. The second-order valence-corrected chi connectivity index (χ2v) is 11.9. The topological polar surface area (TPSA) is 107 Å². The molecule has 0 radical (unpaired) electrons. The third-order valence-corrected chi connectivity index (χ3v) is 9.73. The summed E-state index contributed by atoms with van der Waals surface area (Å²) in [6.45, 7) is 9.31. The molecule has 3 fully saturated rings. The Hall–Kier alpha value is -2.35. The molecule has 7 nitrogen and oxygen atoms in total. The number of ether oxygens (including phenoxy) is 2. The number of ketones is 2. The summed E-state index contributed by atoms with van der Waals surface area (Å²) >= 11 is 0. The van der Waals surface area contributed by atoms with Crippen molar-refractivity contribution in [3.8, 4) is 0 Å². The molecule has 8 atom stereocenters. The van der Waals surface area contributed by atoms with Crippen molar-refractivity contribution in [2.24, 2.45) is 34.5 Å². The van der Waals surface area contributed by atoms with E-state index in [-0.39, 0.29) is 18.1 Å². The van der Waals surface area contributed by atoms with Gasteiger partial charge in [-0.15, -0.1) is 0 Å². The summed E-state index contributed by atoms with van der Waals surface area (Å²) in [6, 6.07) is 0. The highest BCUT2D eigenvalue weighted by Gasteiger charge is 2.77. The summed E-state index contributed by atoms with van der Waals surface area (Å²) in [7, 11) is 0. The maximum absolute atomic E-state index is 17.4. The van der Waals surface area contributed by atoms with Crippen LogP contribution in [-0.4, -0.2) is 52.6 Å². The minimum absolute atomic E-state index is 0.114. The van der Waals surface area contributed by atoms with Crippen molar-refractivity contribution in [3.63, 3.8) is 0 Å². The van der Waals surface area contributed by atoms with Gasteiger partial charge < -0.3 is 14.6 Å². The fraction of sp³-hybridized carbons (Fsp3) is 0.714. The molecule has 0 unspecified atom stereocenters. The molecule has 1 N–H and O–H groups in total. The Kier molecular flexibility index (Phi) is 6.38. The van der Waals surface area contributed by atoms with Crippen molar-refractivity contribution in [1.29, 1.82) is 0 Å². The van der Waals surface area contributed by atoms with Gasteiger partial charge in [0, 0.05) is 29.6 Å². The molecule has 0 amide bonds. The van der Waals surface area contributed by atoms with Gasteiger partial charge in [-0.05, 0) is 50.7 Å². The summed E-state index contributed by atoms with van der Waals surface area (Å²) in [5.74, 6) is -3.95. The molecule has 198 valence electrons. The van der Waals surface area contributed by atoms with Gasteiger partial charge >= 0.3 is 11.9 Å². The van der Waals surface area contributed by atoms with E-state index in [0.717, 1.165) is 0 Å². The quantitative estimate of drug-likeness (QED) is 0.569. The first kappa shape index (κ1) is 26.7. The van der Waals surface area contributed by atoms with Gasteiger partial charge in [0.1, 0.15) is 0 Å². The van der Waals surface area contributed by atoms with Gasteiger partial charge in [0.25, 0.3) is 0 Å². The van der Waals surface area contributed by atoms with Crippen molar-refractivity contribution >= 4 is 23.5 Å². The highest BCUT2D eigenvalue weighted by Crippen LogP contribution is 2.71. The predicted octanol–water partition coefficient (Wildman–Crippen LogP) is 3.67. The number of hydrogen-bond acceptors (Lipinski definition) is 7. The van der Waals surface area contributed by atoms with Gasteiger partial charge in [0.05, 0.1) is 12.0 Å². The van der Waals surface area contributed by atoms with Crippen LogP contribution in [-0.2, 0) is 28.7 Å². The first-order valence-electron chi connectivity index (χ1n) is 12.9. The lowest BCUT2D eigenvalue weighted by Gasteiger charge is -2.62. The Morgan fingerprint density at radius 2 is 1.89 bits per heavy atom. The lowest BCUT2D eigenvalue weighted by Crippen LogP contribution is -2.70. The first-order chi connectivity index (χ1) is 16.6. The number of carbonyl (C=O) groups is 4. The monoisotopic (exact) mass is 504 g/mol. The van der Waals surface area contributed by atoms with Crippen LogP contribution < -0.4 is 0 Å². The molecule has 0 heterocycles. The fourth-order valence-corrected chi connectivity index (χ4v) is 7.95. The number of rotatable bonds is 5. The summed E-state index contributed by atoms with van der Waals surface area (Å²) in [5.41, 5.74) is -5.30. The third-order valence-electron chi connectivity index (χ3n) is 9.73. The van der Waals surface area contributed by atoms with Crippen LogP contribution in [0.25, 0.3) is 0 Å². The van der Waals surface area contributed by atoms with Crippen LogP contribution in [0.3, 0.4) is 0 Å². The lowest BCUT2D eigenvalue weighted by molar-refractivity contribution is -0.229. The van der Waals surface area contributed by atoms with E-state index >= 15 is 4.39 Å². The minimum Gasteiger partial charge on any atom is -0.458 e. The molecule has 36 heavy (non-hydrogen) atoms. The van der Waals surface area contributed by atoms with Crippen LogP contribution in [0.4, 0.5) is 4.39 Å². The van der Waals surface area contributed by atoms with E-state index in [1.807, 2.05) is 6.92 Å². The van der Waals surface area contributed by atoms with Gasteiger partial charge in [-0.1, -0.05) is 39.3 Å². The van der Waals surface area contributed by atoms with E-state index in [0.29, 0.717) is 24.8 Å². The summed E-state index contributed by atoms with van der Waals surface area (Å²) in [5, 5.41) is 11.5. The molecule has 0 aromatic heterocycles. The normalized spacial score (nSPS) is 43.2. The van der Waals surface area contributed by atoms with E-state index in [9.17, 15) is 24.3 Å². The van der Waals surface area contributed by atoms with E-state index in [4.69, 9.17) is 9.47 Å². The highest BCUT2D eigenvalue weighted by molar-refractivity contribution is 6.01. The summed E-state index contributed by atoms with van der Waals surface area (Å²) in [4.78, 5) is 50.3. The maximum atomic E-state index is 17.4. The Morgan fingerprint density at radius 3 is 2.50 bits per heavy atom. The number of aliphatic hydroxyl groups excluding tert-OH is 1. The number of carbonyl (C=O) groups excluding carboxylic acids is 4. The van der Waals surface area contributed by atoms with Crippen molar-refractivity contribution in [2.45, 2.75) is 84.6 Å². The van der Waals surface area contributed by atoms with Crippen molar-refractivity contribution < 1.29 is 38.1 Å². The number of esters is 2. The van der Waals surface area contributed by atoms with Crippen LogP contribution in [0.1, 0.15) is 67.2 Å². The second-order valence-electron chi connectivity index (χ2n) is 11.9. The van der Waals surface area contributed by atoms with Gasteiger partial charge in [-0.2, -0.15) is 0 Å². The molecule has 0 spiro atoms. The first-order valence-corrected chi connectivity index (χ1v) is 12.9. The highest BCUT2D eigenvalue weighted by atomic mass is 19.1. The largest absolute Gasteiger partial charge is 0.458 e. The van der Waals surface area contributed by atoms with E-state index in [1.165, 1.54) is 19.1 Å². The van der Waals surface area contributed by atoms with Crippen LogP contribution >= 0.6 is 0 Å². The minimum atomic E-state index is -2.06. The molecule has 4 aliphatic carbocycles. The Labute approximate surface area is 211 Å². The smallest absolute Gasteiger partial charge is 0.309 e. The van der Waals surface area contributed by atoms with Crippen LogP contribution in [0.2, 0.25) is 0 Å². The summed E-state index contributed by atoms with van der Waals surface area (Å²) < 4.78 is 28.5. The van der Waals surface area contributed by atoms with Gasteiger partial charge in [0.15, 0.2) is 23.7 Å². The fourth-order valence-electron chi connectivity index (χ4n) is 7.95. The summed E-state index contributed by atoms with van der Waals surface area (Å²) in [6.07, 6.45) is 4.14. The molecule has 0 aromatic rings. The molecule has 0 aromatic carbocycles. The number of alkyl halides is 1. The molecule has 0 bridgehead atoms. The molecule has 4 rings (SSSR count). The van der Waals surface area contributed by atoms with E-state index < -0.39 is 70.3 Å². The number of halogens is 1. The average molecular weight is 505 g/mol. The van der Waals surface area contributed by atoms with Crippen molar-refractivity contribution in [1.82, 2.24) is 0 Å². The molecule has 4 aliphatic rings. The third kappa shape index (κ3) is 3.39. The number of hydrogen-bond donors (Lipinski definition) is 1. The van der Waals surface area contributed by atoms with Crippen LogP contribution in [0.5, 0.6) is 0 Å². The van der Waals surface area contributed by atoms with Gasteiger partial charge in [0.2, 0.25) is 5.78 Å². The zero-order valence-electron chi connectivity index (χ0n) is 21.9. The molecule has 0 aliphatic heterocycles. The molecule has 8 heteroatoms. The Morgan fingerprint density at radius 1 is 1.22 bits per heavy atom. The zero-order chi connectivity index (χ0) is 26.8. The van der Waals surface area contributed by atoms with Gasteiger partial charge in [-0.3, -0.25) is 19.2 Å². The van der Waals surface area contributed by atoms with Crippen LogP contribution in [0.15, 0.2) is 23.8 Å².